The first-order valence-electron chi connectivity index (χ1n) is 15.6. The van der Waals surface area contributed by atoms with E-state index in [1.807, 2.05) is 12.3 Å². The van der Waals surface area contributed by atoms with E-state index in [-0.39, 0.29) is 29.5 Å². The van der Waals surface area contributed by atoms with Crippen molar-refractivity contribution in [3.05, 3.63) is 53.0 Å². The number of likely N-dealkylation sites (tertiary alicyclic amines) is 2. The number of piperidine rings is 2. The minimum absolute atomic E-state index is 0.0315. The van der Waals surface area contributed by atoms with Gasteiger partial charge in [-0.2, -0.15) is 0 Å². The fourth-order valence-corrected chi connectivity index (χ4v) is 7.34. The van der Waals surface area contributed by atoms with Gasteiger partial charge in [-0.15, -0.1) is 0 Å². The third-order valence-electron chi connectivity index (χ3n) is 9.67. The van der Waals surface area contributed by atoms with Gasteiger partial charge >= 0.3 is 6.09 Å². The average molecular weight is 608 g/mol. The Morgan fingerprint density at radius 2 is 1.95 bits per heavy atom. The molecule has 1 spiro atoms. The van der Waals surface area contributed by atoms with Crippen LogP contribution in [0.5, 0.6) is 0 Å². The highest BCUT2D eigenvalue weighted by Gasteiger charge is 2.53. The molecule has 0 radical (unpaired) electrons. The van der Waals surface area contributed by atoms with Crippen LogP contribution in [-0.2, 0) is 37.7 Å². The zero-order valence-electron chi connectivity index (χ0n) is 25.9. The van der Waals surface area contributed by atoms with Crippen LogP contribution < -0.4 is 11.1 Å². The van der Waals surface area contributed by atoms with Crippen LogP contribution in [0, 0.1) is 11.7 Å². The molecule has 3 amide bonds. The quantitative estimate of drug-likeness (QED) is 0.514. The highest BCUT2D eigenvalue weighted by Crippen LogP contribution is 2.45. The Balaban J connectivity index is 1.17. The Hall–Kier alpha value is -3.57. The number of rotatable bonds is 6. The van der Waals surface area contributed by atoms with Crippen molar-refractivity contribution in [2.24, 2.45) is 11.7 Å². The largest absolute Gasteiger partial charge is 0.444 e. The monoisotopic (exact) mass is 607 g/mol. The van der Waals surface area contributed by atoms with E-state index >= 15 is 4.39 Å². The van der Waals surface area contributed by atoms with E-state index in [4.69, 9.17) is 15.2 Å². The van der Waals surface area contributed by atoms with E-state index in [2.05, 4.69) is 22.2 Å². The summed E-state index contributed by atoms with van der Waals surface area (Å²) in [4.78, 5) is 47.3. The Labute approximate surface area is 257 Å². The van der Waals surface area contributed by atoms with Gasteiger partial charge in [-0.1, -0.05) is 12.1 Å². The minimum Gasteiger partial charge on any atom is -0.444 e. The first-order valence-corrected chi connectivity index (χ1v) is 15.6. The Morgan fingerprint density at radius 3 is 2.64 bits per heavy atom. The summed E-state index contributed by atoms with van der Waals surface area (Å²) in [6, 6.07) is 4.79. The number of benzene rings is 1. The molecule has 4 atom stereocenters. The van der Waals surface area contributed by atoms with Gasteiger partial charge in [-0.05, 0) is 89.1 Å². The molecule has 1 aliphatic carbocycles. The first-order chi connectivity index (χ1) is 20.8. The zero-order chi connectivity index (χ0) is 31.4. The lowest BCUT2D eigenvalue weighted by atomic mass is 9.84. The minimum atomic E-state index is -1.15. The lowest BCUT2D eigenvalue weighted by Crippen LogP contribution is -2.57. The number of halogens is 1. The number of nitrogens with two attached hydrogens (primary N) is 1. The Bertz CT molecular complexity index is 1470. The van der Waals surface area contributed by atoms with Crippen LogP contribution in [-0.4, -0.2) is 76.6 Å². The molecule has 44 heavy (non-hydrogen) atoms. The van der Waals surface area contributed by atoms with Gasteiger partial charge in [0.05, 0.1) is 17.9 Å². The van der Waals surface area contributed by atoms with Gasteiger partial charge in [0.1, 0.15) is 23.5 Å². The summed E-state index contributed by atoms with van der Waals surface area (Å²) >= 11 is 0. The third-order valence-corrected chi connectivity index (χ3v) is 9.67. The van der Waals surface area contributed by atoms with E-state index in [1.165, 1.54) is 11.0 Å². The summed E-state index contributed by atoms with van der Waals surface area (Å²) in [5.74, 6) is -1.81. The summed E-state index contributed by atoms with van der Waals surface area (Å²) in [6.07, 6.45) is 5.25. The summed E-state index contributed by atoms with van der Waals surface area (Å²) < 4.78 is 27.4. The average Bonchev–Trinajstić information content (AvgIpc) is 3.68. The highest BCUT2D eigenvalue weighted by molar-refractivity contribution is 5.91. The SMILES string of the molecule is CN1CCC2(CC1)OCc1cnc(-c3ccc(C[C@H](NC(=O)[C@@H]4[C@H]5CC[C@H](C5)N4C(=O)OC(C)(C)C)C(N)=O)c(F)c3)cc12. The number of carbonyl (C=O) groups excluding carboxylic acids is 3. The van der Waals surface area contributed by atoms with Crippen LogP contribution in [0.2, 0.25) is 0 Å². The number of hydrogen-bond donors (Lipinski definition) is 2. The smallest absolute Gasteiger partial charge is 0.411 e. The Morgan fingerprint density at radius 1 is 1.20 bits per heavy atom. The second kappa shape index (κ2) is 11.4. The van der Waals surface area contributed by atoms with Crippen molar-refractivity contribution >= 4 is 17.9 Å². The molecule has 2 bridgehead atoms. The number of pyridine rings is 1. The lowest BCUT2D eigenvalue weighted by molar-refractivity contribution is -0.132. The van der Waals surface area contributed by atoms with Crippen molar-refractivity contribution in [2.75, 3.05) is 20.1 Å². The fourth-order valence-electron chi connectivity index (χ4n) is 7.34. The number of aromatic nitrogens is 1. The van der Waals surface area contributed by atoms with Crippen LogP contribution in [0.15, 0.2) is 30.5 Å². The summed E-state index contributed by atoms with van der Waals surface area (Å²) in [6.45, 7) is 7.74. The molecule has 3 aliphatic heterocycles. The molecule has 2 saturated heterocycles. The van der Waals surface area contributed by atoms with Crippen molar-refractivity contribution in [3.8, 4) is 11.3 Å². The van der Waals surface area contributed by atoms with Crippen LogP contribution in [0.4, 0.5) is 9.18 Å². The van der Waals surface area contributed by atoms with Crippen molar-refractivity contribution in [1.29, 1.82) is 0 Å². The fraction of sp³-hybridized carbons (Fsp3) is 0.576. The number of ether oxygens (including phenoxy) is 2. The van der Waals surface area contributed by atoms with Crippen molar-refractivity contribution in [2.45, 2.75) is 95.2 Å². The van der Waals surface area contributed by atoms with Crippen molar-refractivity contribution in [3.63, 3.8) is 0 Å². The van der Waals surface area contributed by atoms with Gasteiger partial charge in [0.15, 0.2) is 0 Å². The number of primary amides is 1. The van der Waals surface area contributed by atoms with E-state index in [1.54, 1.807) is 32.9 Å². The molecular formula is C33H42FN5O5. The third kappa shape index (κ3) is 5.79. The number of hydrogen-bond acceptors (Lipinski definition) is 7. The molecule has 2 aromatic rings. The topological polar surface area (TPSA) is 127 Å². The summed E-state index contributed by atoms with van der Waals surface area (Å²) in [5.41, 5.74) is 8.33. The van der Waals surface area contributed by atoms with Gasteiger partial charge in [0, 0.05) is 42.9 Å². The van der Waals surface area contributed by atoms with Gasteiger partial charge in [-0.25, -0.2) is 9.18 Å². The Kier molecular flexibility index (Phi) is 7.90. The predicted molar refractivity (Wildman–Crippen MR) is 161 cm³/mol. The van der Waals surface area contributed by atoms with E-state index in [9.17, 15) is 14.4 Å². The molecule has 1 saturated carbocycles. The molecule has 11 heteroatoms. The number of nitrogens with one attached hydrogen (secondary N) is 1. The molecule has 1 aromatic carbocycles. The van der Waals surface area contributed by atoms with Crippen LogP contribution >= 0.6 is 0 Å². The number of nitrogens with zero attached hydrogens (tertiary/aromatic N) is 3. The van der Waals surface area contributed by atoms with Gasteiger partial charge in [0.2, 0.25) is 11.8 Å². The van der Waals surface area contributed by atoms with E-state index in [0.717, 1.165) is 49.9 Å². The second-order valence-corrected chi connectivity index (χ2v) is 13.8. The van der Waals surface area contributed by atoms with Crippen LogP contribution in [0.3, 0.4) is 0 Å². The molecule has 4 aliphatic rings. The normalized spacial score (nSPS) is 24.8. The van der Waals surface area contributed by atoms with Crippen LogP contribution in [0.25, 0.3) is 11.3 Å². The molecule has 3 fully saturated rings. The number of carbonyl (C=O) groups is 3. The first kappa shape index (κ1) is 30.5. The molecule has 1 aromatic heterocycles. The molecule has 6 rings (SSSR count). The maximum Gasteiger partial charge on any atom is 0.411 e. The van der Waals surface area contributed by atoms with Gasteiger partial charge in [0.25, 0.3) is 0 Å². The number of amides is 3. The lowest BCUT2D eigenvalue weighted by Gasteiger charge is -2.37. The standard InChI is InChI=1S/C33H42FN5O5/c1-32(2,3)44-31(42)39-23-8-7-21(13-23)28(39)30(41)37-27(29(35)40)15-19-5-6-20(14-25(19)34)26-16-24-22(17-36-26)18-43-33(24)9-11-38(4)12-10-33/h5-6,14,16-17,21,23,27-28H,7-13,15,18H2,1-4H3,(H2,35,40)(H,37,41)/t21-,23+,27-,28-/m0/s1. The maximum absolute atomic E-state index is 15.5. The number of fused-ring (bicyclic) bond motifs is 4. The molecule has 0 unspecified atom stereocenters. The zero-order valence-corrected chi connectivity index (χ0v) is 25.9. The van der Waals surface area contributed by atoms with Gasteiger partial charge < -0.3 is 25.4 Å². The highest BCUT2D eigenvalue weighted by atomic mass is 19.1. The van der Waals surface area contributed by atoms with E-state index < -0.39 is 41.4 Å². The predicted octanol–water partition coefficient (Wildman–Crippen LogP) is 3.64. The van der Waals surface area contributed by atoms with Crippen LogP contribution in [0.1, 0.15) is 69.6 Å². The molecule has 4 heterocycles. The van der Waals surface area contributed by atoms with Crippen molar-refractivity contribution in [1.82, 2.24) is 20.1 Å². The van der Waals surface area contributed by atoms with E-state index in [0.29, 0.717) is 24.3 Å². The maximum atomic E-state index is 15.5. The van der Waals surface area contributed by atoms with Crippen molar-refractivity contribution < 1.29 is 28.2 Å². The summed E-state index contributed by atoms with van der Waals surface area (Å²) in [7, 11) is 2.11. The molecular weight excluding hydrogens is 565 g/mol. The molecule has 10 nitrogen and oxygen atoms in total. The van der Waals surface area contributed by atoms with Gasteiger partial charge in [-0.3, -0.25) is 19.5 Å². The summed E-state index contributed by atoms with van der Waals surface area (Å²) in [5, 5.41) is 2.72. The molecule has 3 N–H and O–H groups in total. The molecule has 236 valence electrons. The second-order valence-electron chi connectivity index (χ2n) is 13.8.